The number of para-hydroxylation sites is 1. The second kappa shape index (κ2) is 8.03. The van der Waals surface area contributed by atoms with E-state index >= 15 is 0 Å². The fourth-order valence-corrected chi connectivity index (χ4v) is 3.21. The summed E-state index contributed by atoms with van der Waals surface area (Å²) in [7, 11) is 1.48. The number of carbonyl (C=O) groups excluding carboxylic acids is 2. The predicted octanol–water partition coefficient (Wildman–Crippen LogP) is 2.17. The van der Waals surface area contributed by atoms with Gasteiger partial charge in [0.2, 0.25) is 0 Å². The molecule has 0 aliphatic carbocycles. The summed E-state index contributed by atoms with van der Waals surface area (Å²) in [6, 6.07) is 6.79. The van der Waals surface area contributed by atoms with Crippen LogP contribution in [0.5, 0.6) is 0 Å². The van der Waals surface area contributed by atoms with Gasteiger partial charge < -0.3 is 14.8 Å². The highest BCUT2D eigenvalue weighted by Gasteiger charge is 2.23. The highest BCUT2D eigenvalue weighted by Crippen LogP contribution is 2.19. The lowest BCUT2D eigenvalue weighted by Crippen LogP contribution is -2.36. The summed E-state index contributed by atoms with van der Waals surface area (Å²) in [6.45, 7) is 1.30. The van der Waals surface area contributed by atoms with Gasteiger partial charge in [-0.25, -0.2) is 0 Å². The van der Waals surface area contributed by atoms with Gasteiger partial charge in [0, 0.05) is 32.4 Å². The number of hydrogen-bond acceptors (Lipinski definition) is 5. The molecule has 1 N–H and O–H groups in total. The van der Waals surface area contributed by atoms with Crippen LogP contribution in [0, 0.1) is 10.1 Å². The molecule has 0 unspecified atom stereocenters. The van der Waals surface area contributed by atoms with Crippen molar-refractivity contribution in [2.75, 3.05) is 18.4 Å². The van der Waals surface area contributed by atoms with E-state index in [1.54, 1.807) is 4.90 Å². The highest BCUT2D eigenvalue weighted by atomic mass is 16.6. The van der Waals surface area contributed by atoms with E-state index in [-0.39, 0.29) is 28.4 Å². The third-order valence-corrected chi connectivity index (χ3v) is 4.67. The van der Waals surface area contributed by atoms with Crippen LogP contribution >= 0.6 is 0 Å². The lowest BCUT2D eigenvalue weighted by atomic mass is 10.1. The van der Waals surface area contributed by atoms with E-state index in [1.165, 1.54) is 48.1 Å². The average molecular weight is 384 g/mol. The molecular formula is C19H20N4O5. The standard InChI is InChI=1S/C19H20N4O5/c1-21-12-13(18(25)22-9-5-2-6-10-22)11-15(19(21)26)20-17(24)14-7-3-4-8-16(14)23(27)28/h3-4,7-8,11-12H,2,5-6,9-10H2,1H3,(H,20,24). The molecular weight excluding hydrogens is 364 g/mol. The Kier molecular flexibility index (Phi) is 5.53. The lowest BCUT2D eigenvalue weighted by molar-refractivity contribution is -0.385. The van der Waals surface area contributed by atoms with Crippen LogP contribution in [-0.4, -0.2) is 39.3 Å². The number of nitrogens with one attached hydrogen (secondary N) is 1. The van der Waals surface area contributed by atoms with Gasteiger partial charge in [-0.1, -0.05) is 12.1 Å². The molecule has 0 radical (unpaired) electrons. The van der Waals surface area contributed by atoms with E-state index < -0.39 is 16.4 Å². The van der Waals surface area contributed by atoms with Crippen LogP contribution in [-0.2, 0) is 7.05 Å². The molecule has 1 fully saturated rings. The second-order valence-electron chi connectivity index (χ2n) is 6.64. The van der Waals surface area contributed by atoms with Crippen molar-refractivity contribution in [2.45, 2.75) is 19.3 Å². The summed E-state index contributed by atoms with van der Waals surface area (Å²) in [4.78, 5) is 49.8. The Balaban J connectivity index is 1.91. The molecule has 1 saturated heterocycles. The van der Waals surface area contributed by atoms with Crippen molar-refractivity contribution in [3.8, 4) is 0 Å². The van der Waals surface area contributed by atoms with Crippen molar-refractivity contribution in [2.24, 2.45) is 7.05 Å². The summed E-state index contributed by atoms with van der Waals surface area (Å²) in [6.07, 6.45) is 4.37. The number of nitrogens with zero attached hydrogens (tertiary/aromatic N) is 3. The zero-order valence-corrected chi connectivity index (χ0v) is 15.4. The van der Waals surface area contributed by atoms with Crippen LogP contribution in [0.15, 0.2) is 41.3 Å². The Bertz CT molecular complexity index is 992. The van der Waals surface area contributed by atoms with Gasteiger partial charge in [0.05, 0.1) is 10.5 Å². The molecule has 9 nitrogen and oxygen atoms in total. The molecule has 9 heteroatoms. The fourth-order valence-electron chi connectivity index (χ4n) is 3.21. The molecule has 1 aliphatic heterocycles. The summed E-state index contributed by atoms with van der Waals surface area (Å²) in [5.41, 5.74) is -0.864. The number of likely N-dealkylation sites (tertiary alicyclic amines) is 1. The SMILES string of the molecule is Cn1cc(C(=O)N2CCCCC2)cc(NC(=O)c2ccccc2[N+](=O)[O-])c1=O. The first kappa shape index (κ1) is 19.3. The number of benzene rings is 1. The monoisotopic (exact) mass is 384 g/mol. The van der Waals surface area contributed by atoms with Gasteiger partial charge in [-0.15, -0.1) is 0 Å². The zero-order chi connectivity index (χ0) is 20.3. The second-order valence-corrected chi connectivity index (χ2v) is 6.64. The maximum absolute atomic E-state index is 12.7. The molecule has 0 atom stereocenters. The maximum atomic E-state index is 12.7. The number of rotatable bonds is 4. The minimum absolute atomic E-state index is 0.103. The van der Waals surface area contributed by atoms with Gasteiger partial charge in [-0.2, -0.15) is 0 Å². The van der Waals surface area contributed by atoms with Crippen LogP contribution in [0.25, 0.3) is 0 Å². The van der Waals surface area contributed by atoms with E-state index in [1.807, 2.05) is 0 Å². The Morgan fingerprint density at radius 3 is 2.50 bits per heavy atom. The molecule has 146 valence electrons. The van der Waals surface area contributed by atoms with Crippen molar-refractivity contribution in [1.82, 2.24) is 9.47 Å². The van der Waals surface area contributed by atoms with Gasteiger partial charge in [-0.05, 0) is 31.4 Å². The van der Waals surface area contributed by atoms with E-state index in [0.29, 0.717) is 13.1 Å². The number of carbonyl (C=O) groups is 2. The van der Waals surface area contributed by atoms with Crippen molar-refractivity contribution in [3.05, 3.63) is 68.1 Å². The lowest BCUT2D eigenvalue weighted by Gasteiger charge is -2.27. The van der Waals surface area contributed by atoms with Crippen LogP contribution in [0.3, 0.4) is 0 Å². The fraction of sp³-hybridized carbons (Fsp3) is 0.316. The van der Waals surface area contributed by atoms with Crippen molar-refractivity contribution in [3.63, 3.8) is 0 Å². The van der Waals surface area contributed by atoms with Crippen molar-refractivity contribution >= 4 is 23.2 Å². The molecule has 1 aromatic heterocycles. The van der Waals surface area contributed by atoms with E-state index in [0.717, 1.165) is 19.3 Å². The molecule has 2 amide bonds. The van der Waals surface area contributed by atoms with Gasteiger partial charge in [0.1, 0.15) is 11.3 Å². The molecule has 0 saturated carbocycles. The molecule has 3 rings (SSSR count). The number of aryl methyl sites for hydroxylation is 1. The number of anilines is 1. The first-order valence-corrected chi connectivity index (χ1v) is 8.93. The number of pyridine rings is 1. The number of hydrogen-bond donors (Lipinski definition) is 1. The average Bonchev–Trinajstić information content (AvgIpc) is 2.71. The molecule has 0 spiro atoms. The third-order valence-electron chi connectivity index (χ3n) is 4.67. The molecule has 28 heavy (non-hydrogen) atoms. The Labute approximate surface area is 160 Å². The zero-order valence-electron chi connectivity index (χ0n) is 15.4. The van der Waals surface area contributed by atoms with Gasteiger partial charge in [-0.3, -0.25) is 24.5 Å². The Hall–Kier alpha value is -3.49. The summed E-state index contributed by atoms with van der Waals surface area (Å²) < 4.78 is 1.21. The topological polar surface area (TPSA) is 115 Å². The van der Waals surface area contributed by atoms with Gasteiger partial charge >= 0.3 is 0 Å². The maximum Gasteiger partial charge on any atom is 0.282 e. The van der Waals surface area contributed by atoms with Crippen molar-refractivity contribution < 1.29 is 14.5 Å². The quantitative estimate of drug-likeness (QED) is 0.641. The minimum Gasteiger partial charge on any atom is -0.339 e. The van der Waals surface area contributed by atoms with Crippen LogP contribution in [0.4, 0.5) is 11.4 Å². The Morgan fingerprint density at radius 2 is 1.82 bits per heavy atom. The van der Waals surface area contributed by atoms with Gasteiger partial charge in [0.25, 0.3) is 23.1 Å². The summed E-state index contributed by atoms with van der Waals surface area (Å²) in [5.74, 6) is -0.997. The number of piperidine rings is 1. The number of amides is 2. The van der Waals surface area contributed by atoms with Crippen LogP contribution < -0.4 is 10.9 Å². The number of nitro benzene ring substituents is 1. The molecule has 2 heterocycles. The number of nitro groups is 1. The normalized spacial score (nSPS) is 13.8. The van der Waals surface area contributed by atoms with Gasteiger partial charge in [0.15, 0.2) is 0 Å². The first-order valence-electron chi connectivity index (χ1n) is 8.93. The molecule has 2 aromatic rings. The minimum atomic E-state index is -0.785. The molecule has 1 aromatic carbocycles. The largest absolute Gasteiger partial charge is 0.339 e. The van der Waals surface area contributed by atoms with Crippen molar-refractivity contribution in [1.29, 1.82) is 0 Å². The van der Waals surface area contributed by atoms with E-state index in [9.17, 15) is 24.5 Å². The van der Waals surface area contributed by atoms with Crippen LogP contribution in [0.1, 0.15) is 40.0 Å². The van der Waals surface area contributed by atoms with Crippen LogP contribution in [0.2, 0.25) is 0 Å². The summed E-state index contributed by atoms with van der Waals surface area (Å²) in [5, 5.41) is 13.5. The Morgan fingerprint density at radius 1 is 1.14 bits per heavy atom. The molecule has 1 aliphatic rings. The van der Waals surface area contributed by atoms with E-state index in [4.69, 9.17) is 0 Å². The predicted molar refractivity (Wildman–Crippen MR) is 102 cm³/mol. The summed E-state index contributed by atoms with van der Waals surface area (Å²) >= 11 is 0. The molecule has 0 bridgehead atoms. The first-order chi connectivity index (χ1) is 13.4. The smallest absolute Gasteiger partial charge is 0.282 e. The highest BCUT2D eigenvalue weighted by molar-refractivity contribution is 6.07. The third kappa shape index (κ3) is 3.93. The van der Waals surface area contributed by atoms with E-state index in [2.05, 4.69) is 5.32 Å². The number of aromatic nitrogens is 1.